The molecule has 0 spiro atoms. The molecule has 0 unspecified atom stereocenters. The monoisotopic (exact) mass is 569 g/mol. The second kappa shape index (κ2) is 12.7. The summed E-state index contributed by atoms with van der Waals surface area (Å²) in [5.74, 6) is -2.06. The van der Waals surface area contributed by atoms with Crippen LogP contribution in [0.5, 0.6) is 0 Å². The summed E-state index contributed by atoms with van der Waals surface area (Å²) < 4.78 is 34.4. The number of nitrogens with one attached hydrogen (secondary N) is 4. The van der Waals surface area contributed by atoms with E-state index in [1.54, 1.807) is 27.7 Å². The fraction of sp³-hybridized carbons (Fsp3) is 0.769. The number of hydrogen-bond donors (Lipinski definition) is 4. The molecule has 220 valence electrons. The van der Waals surface area contributed by atoms with Crippen LogP contribution in [-0.2, 0) is 29.3 Å². The van der Waals surface area contributed by atoms with Gasteiger partial charge in [-0.15, -0.1) is 0 Å². The molecule has 4 N–H and O–H groups in total. The fourth-order valence-electron chi connectivity index (χ4n) is 5.03. The minimum absolute atomic E-state index is 0.170. The van der Waals surface area contributed by atoms with Gasteiger partial charge in [0.25, 0.3) is 5.91 Å². The average molecular weight is 570 g/mol. The van der Waals surface area contributed by atoms with Gasteiger partial charge in [0, 0.05) is 19.0 Å². The Morgan fingerprint density at radius 2 is 1.90 bits per heavy atom. The van der Waals surface area contributed by atoms with Crippen LogP contribution in [0.2, 0.25) is 0 Å². The number of rotatable bonds is 6. The summed E-state index contributed by atoms with van der Waals surface area (Å²) in [5.41, 5.74) is -2.15. The molecule has 3 rings (SSSR count). The van der Waals surface area contributed by atoms with Gasteiger partial charge in [0.2, 0.25) is 11.8 Å². The molecule has 1 saturated carbocycles. The van der Waals surface area contributed by atoms with Gasteiger partial charge in [-0.3, -0.25) is 14.4 Å². The Morgan fingerprint density at radius 1 is 1.15 bits per heavy atom. The maximum absolute atomic E-state index is 13.6. The molecule has 2 aliphatic heterocycles. The van der Waals surface area contributed by atoms with Crippen LogP contribution in [0.3, 0.4) is 0 Å². The van der Waals surface area contributed by atoms with Crippen LogP contribution >= 0.6 is 0 Å². The fourth-order valence-corrected chi connectivity index (χ4v) is 6.00. The highest BCUT2D eigenvalue weighted by atomic mass is 32.2. The first-order chi connectivity index (χ1) is 18.3. The quantitative estimate of drug-likeness (QED) is 0.353. The van der Waals surface area contributed by atoms with E-state index in [2.05, 4.69) is 20.1 Å². The minimum atomic E-state index is -4.09. The third-order valence-corrected chi connectivity index (χ3v) is 8.13. The van der Waals surface area contributed by atoms with Crippen molar-refractivity contribution in [2.24, 2.45) is 5.92 Å². The summed E-state index contributed by atoms with van der Waals surface area (Å²) in [6.45, 7) is 7.52. The van der Waals surface area contributed by atoms with Crippen LogP contribution in [0.15, 0.2) is 12.2 Å². The van der Waals surface area contributed by atoms with Crippen LogP contribution < -0.4 is 20.1 Å². The molecule has 0 aromatic heterocycles. The molecular weight excluding hydrogens is 526 g/mol. The molecule has 0 bridgehead atoms. The Labute approximate surface area is 231 Å². The summed E-state index contributed by atoms with van der Waals surface area (Å²) in [7, 11) is -4.09. The summed E-state index contributed by atoms with van der Waals surface area (Å²) in [6.07, 6.45) is 8.38. The maximum Gasteiger partial charge on any atom is 0.408 e. The summed E-state index contributed by atoms with van der Waals surface area (Å²) in [4.78, 5) is 54.3. The van der Waals surface area contributed by atoms with Crippen molar-refractivity contribution in [3.8, 4) is 0 Å². The maximum atomic E-state index is 13.6. The highest BCUT2D eigenvalue weighted by molar-refractivity contribution is 7.88. The van der Waals surface area contributed by atoms with Crippen molar-refractivity contribution in [2.45, 2.75) is 109 Å². The molecule has 0 aromatic carbocycles. The van der Waals surface area contributed by atoms with Crippen molar-refractivity contribution < 1.29 is 32.3 Å². The highest BCUT2D eigenvalue weighted by Crippen LogP contribution is 2.45. The van der Waals surface area contributed by atoms with Gasteiger partial charge in [-0.2, -0.15) is 13.1 Å². The number of nitrogens with zero attached hydrogens (tertiary/aromatic N) is 1. The van der Waals surface area contributed by atoms with Crippen LogP contribution in [0, 0.1) is 5.92 Å². The normalized spacial score (nSPS) is 29.1. The van der Waals surface area contributed by atoms with Gasteiger partial charge in [-0.25, -0.2) is 9.52 Å². The van der Waals surface area contributed by atoms with Crippen molar-refractivity contribution >= 4 is 34.0 Å². The number of carbonyl (C=O) groups excluding carboxylic acids is 4. The van der Waals surface area contributed by atoms with E-state index < -0.39 is 51.3 Å². The standard InChI is InChI=1S/C26H43N5O7S/c1-5-15-27-39(36,37)30-23(34)26-17-18(26)12-9-7-6-8-10-13-19(28-24(35)38-25(2,3)4)22(33)31-16-11-14-20(31)21(32)29-26/h9,12,18-20,27H,5-8,10-11,13-17H2,1-4H3,(H,28,35)(H,29,32)(H,30,34)/b12-9-/t18-,19-,20-,26+/m0/s1. The van der Waals surface area contributed by atoms with E-state index in [0.717, 1.165) is 19.3 Å². The number of amides is 4. The molecule has 1 aliphatic carbocycles. The van der Waals surface area contributed by atoms with Crippen LogP contribution in [0.25, 0.3) is 0 Å². The molecule has 1 saturated heterocycles. The molecule has 4 amide bonds. The topological polar surface area (TPSA) is 163 Å². The van der Waals surface area contributed by atoms with E-state index in [1.165, 1.54) is 4.90 Å². The van der Waals surface area contributed by atoms with Gasteiger partial charge >= 0.3 is 16.3 Å². The molecule has 4 atom stereocenters. The first-order valence-electron chi connectivity index (χ1n) is 13.9. The largest absolute Gasteiger partial charge is 0.444 e. The van der Waals surface area contributed by atoms with Crippen LogP contribution in [0.4, 0.5) is 4.79 Å². The van der Waals surface area contributed by atoms with Gasteiger partial charge in [-0.1, -0.05) is 31.9 Å². The Bertz CT molecular complexity index is 1070. The first kappa shape index (κ1) is 30.9. The van der Waals surface area contributed by atoms with E-state index >= 15 is 0 Å². The Hall–Kier alpha value is -2.67. The number of carbonyl (C=O) groups is 4. The zero-order valence-corrected chi connectivity index (χ0v) is 24.2. The Morgan fingerprint density at radius 3 is 2.59 bits per heavy atom. The zero-order chi connectivity index (χ0) is 28.8. The van der Waals surface area contributed by atoms with Gasteiger partial charge < -0.3 is 20.3 Å². The SMILES string of the molecule is CCCNS(=O)(=O)NC(=O)[C@@]12C[C@@H]1/C=C\CCCCC[C@H](NC(=O)OC(C)(C)C)C(=O)N1CCC[C@H]1C(=O)N2. The number of hydrogen-bond acceptors (Lipinski definition) is 7. The smallest absolute Gasteiger partial charge is 0.408 e. The lowest BCUT2D eigenvalue weighted by atomic mass is 10.0. The molecule has 0 radical (unpaired) electrons. The minimum Gasteiger partial charge on any atom is -0.444 e. The highest BCUT2D eigenvalue weighted by Gasteiger charge is 2.61. The predicted molar refractivity (Wildman–Crippen MR) is 144 cm³/mol. The molecule has 12 nitrogen and oxygen atoms in total. The molecule has 0 aromatic rings. The lowest BCUT2D eigenvalue weighted by Gasteiger charge is -2.30. The van der Waals surface area contributed by atoms with Gasteiger partial charge in [-0.05, 0) is 65.7 Å². The summed E-state index contributed by atoms with van der Waals surface area (Å²) in [5, 5.41) is 5.49. The van der Waals surface area contributed by atoms with Crippen molar-refractivity contribution in [1.82, 2.24) is 25.0 Å². The predicted octanol–water partition coefficient (Wildman–Crippen LogP) is 1.63. The van der Waals surface area contributed by atoms with Crippen molar-refractivity contribution in [3.05, 3.63) is 12.2 Å². The van der Waals surface area contributed by atoms with Gasteiger partial charge in [0.1, 0.15) is 23.2 Å². The Balaban J connectivity index is 1.82. The average Bonchev–Trinajstić information content (AvgIpc) is 3.29. The second-order valence-electron chi connectivity index (χ2n) is 11.6. The van der Waals surface area contributed by atoms with Crippen LogP contribution in [-0.4, -0.2) is 73.4 Å². The second-order valence-corrected chi connectivity index (χ2v) is 13.1. The van der Waals surface area contributed by atoms with E-state index in [4.69, 9.17) is 4.74 Å². The summed E-state index contributed by atoms with van der Waals surface area (Å²) in [6, 6.07) is -1.69. The zero-order valence-electron chi connectivity index (χ0n) is 23.4. The van der Waals surface area contributed by atoms with E-state index in [1.807, 2.05) is 12.2 Å². The van der Waals surface area contributed by atoms with Crippen molar-refractivity contribution in [3.63, 3.8) is 0 Å². The number of ether oxygens (including phenoxy) is 1. The number of alkyl carbamates (subject to hydrolysis) is 1. The van der Waals surface area contributed by atoms with Gasteiger partial charge in [0.15, 0.2) is 0 Å². The Kier molecular flexibility index (Phi) is 10.0. The third kappa shape index (κ3) is 8.41. The van der Waals surface area contributed by atoms with Crippen molar-refractivity contribution in [1.29, 1.82) is 0 Å². The number of allylic oxidation sites excluding steroid dienone is 1. The molecule has 13 heteroatoms. The van der Waals surface area contributed by atoms with Gasteiger partial charge in [0.05, 0.1) is 0 Å². The molecular formula is C26H43N5O7S. The van der Waals surface area contributed by atoms with E-state index in [-0.39, 0.29) is 24.8 Å². The summed E-state index contributed by atoms with van der Waals surface area (Å²) >= 11 is 0. The van der Waals surface area contributed by atoms with E-state index in [0.29, 0.717) is 38.6 Å². The van der Waals surface area contributed by atoms with Crippen LogP contribution in [0.1, 0.15) is 85.5 Å². The van der Waals surface area contributed by atoms with E-state index in [9.17, 15) is 27.6 Å². The first-order valence-corrected chi connectivity index (χ1v) is 15.4. The lowest BCUT2D eigenvalue weighted by Crippen LogP contribution is -2.59. The van der Waals surface area contributed by atoms with Crippen molar-refractivity contribution in [2.75, 3.05) is 13.1 Å². The molecule has 2 heterocycles. The molecule has 2 fully saturated rings. The third-order valence-electron chi connectivity index (χ3n) is 7.09. The molecule has 39 heavy (non-hydrogen) atoms. The number of fused-ring (bicyclic) bond motifs is 2. The lowest BCUT2D eigenvalue weighted by molar-refractivity contribution is -0.141. The molecule has 3 aliphatic rings.